The van der Waals surface area contributed by atoms with Gasteiger partial charge >= 0.3 is 0 Å². The van der Waals surface area contributed by atoms with Crippen molar-refractivity contribution >= 4 is 67.8 Å². The van der Waals surface area contributed by atoms with Gasteiger partial charge in [-0.15, -0.1) is 0 Å². The summed E-state index contributed by atoms with van der Waals surface area (Å²) >= 11 is 6.60. The van der Waals surface area contributed by atoms with Gasteiger partial charge in [0.2, 0.25) is 0 Å². The first-order chi connectivity index (χ1) is 7.54. The van der Waals surface area contributed by atoms with Crippen LogP contribution < -0.4 is 0 Å². The van der Waals surface area contributed by atoms with E-state index in [1.165, 1.54) is 0 Å². The quantitative estimate of drug-likeness (QED) is 0.535. The first kappa shape index (κ1) is 13.7. The number of aromatic nitrogens is 2. The molecule has 90 valence electrons. The lowest BCUT2D eigenvalue weighted by atomic mass is 10.2. The maximum atomic E-state index is 9.66. The molecule has 0 amide bonds. The van der Waals surface area contributed by atoms with E-state index in [2.05, 4.69) is 72.9 Å². The van der Waals surface area contributed by atoms with Gasteiger partial charge in [0, 0.05) is 6.42 Å². The Morgan fingerprint density at radius 3 is 2.56 bits per heavy atom. The van der Waals surface area contributed by atoms with Crippen LogP contribution in [0.1, 0.15) is 12.6 Å². The summed E-state index contributed by atoms with van der Waals surface area (Å²) in [5.41, 5.74) is 0. The van der Waals surface area contributed by atoms with Gasteiger partial charge < -0.3 is 14.9 Å². The number of nitrogens with zero attached hydrogens (tertiary/aromatic N) is 2. The van der Waals surface area contributed by atoms with Crippen molar-refractivity contribution in [2.75, 3.05) is 6.61 Å². The summed E-state index contributed by atoms with van der Waals surface area (Å²) in [6, 6.07) is 0. The maximum absolute atomic E-state index is 9.66. The number of aliphatic hydroxyl groups excluding tert-OH is 2. The summed E-state index contributed by atoms with van der Waals surface area (Å²) in [5, 5.41) is 23.0. The van der Waals surface area contributed by atoms with Crippen molar-refractivity contribution in [1.29, 1.82) is 0 Å². The van der Waals surface area contributed by atoms with Crippen LogP contribution in [0.15, 0.2) is 0 Å². The zero-order valence-corrected chi connectivity index (χ0v) is 14.4. The molecular weight excluding hydrogens is 553 g/mol. The lowest BCUT2D eigenvalue weighted by Crippen LogP contribution is -2.24. The molecule has 5 nitrogen and oxygen atoms in total. The van der Waals surface area contributed by atoms with Gasteiger partial charge in [-0.25, -0.2) is 4.68 Å². The molecule has 3 unspecified atom stereocenters. The van der Waals surface area contributed by atoms with Crippen molar-refractivity contribution in [2.24, 2.45) is 0 Å². The van der Waals surface area contributed by atoms with Crippen LogP contribution in [0, 0.1) is 11.0 Å². The van der Waals surface area contributed by atoms with Crippen LogP contribution in [-0.4, -0.2) is 38.8 Å². The molecule has 0 saturated carbocycles. The average molecular weight is 562 g/mol. The lowest BCUT2D eigenvalue weighted by Gasteiger charge is -2.13. The fourth-order valence-corrected chi connectivity index (χ4v) is 3.62. The predicted molar refractivity (Wildman–Crippen MR) is 82.0 cm³/mol. The summed E-state index contributed by atoms with van der Waals surface area (Å²) in [4.78, 5) is 0. The highest BCUT2D eigenvalue weighted by Gasteiger charge is 2.36. The minimum Gasteiger partial charge on any atom is -0.394 e. The van der Waals surface area contributed by atoms with Gasteiger partial charge in [0.15, 0.2) is 6.23 Å². The number of hydrogen-bond donors (Lipinski definition) is 2. The van der Waals surface area contributed by atoms with Crippen LogP contribution in [0.5, 0.6) is 0 Å². The Hall–Kier alpha value is 1.28. The van der Waals surface area contributed by atoms with Crippen LogP contribution in [0.25, 0.3) is 0 Å². The second kappa shape index (κ2) is 5.50. The van der Waals surface area contributed by atoms with E-state index in [1.54, 1.807) is 4.68 Å². The monoisotopic (exact) mass is 562 g/mol. The summed E-state index contributed by atoms with van der Waals surface area (Å²) in [5.74, 6) is 0. The van der Waals surface area contributed by atoms with E-state index in [1.807, 2.05) is 0 Å². The van der Waals surface area contributed by atoms with Crippen molar-refractivity contribution in [2.45, 2.75) is 24.9 Å². The molecule has 0 aromatic carbocycles. The Morgan fingerprint density at radius 1 is 1.44 bits per heavy atom. The standard InChI is InChI=1S/C8H9I3N2O3/c9-6-7(10)12-13(8(6)11)5-1-3(15)4(2-14)16-5/h3-5,14-15H,1-2H2. The molecule has 1 aromatic rings. The molecule has 1 saturated heterocycles. The molecule has 0 spiro atoms. The molecule has 0 radical (unpaired) electrons. The average Bonchev–Trinajstić information content (AvgIpc) is 2.74. The largest absolute Gasteiger partial charge is 0.394 e. The second-order valence-electron chi connectivity index (χ2n) is 3.45. The third-order valence-corrected chi connectivity index (χ3v) is 7.29. The summed E-state index contributed by atoms with van der Waals surface area (Å²) in [7, 11) is 0. The van der Waals surface area contributed by atoms with Crippen LogP contribution in [-0.2, 0) is 4.74 Å². The number of aliphatic hydroxyl groups is 2. The predicted octanol–water partition coefficient (Wildman–Crippen LogP) is 1.34. The molecule has 1 aliphatic rings. The number of ether oxygens (including phenoxy) is 1. The molecule has 16 heavy (non-hydrogen) atoms. The fourth-order valence-electron chi connectivity index (χ4n) is 1.59. The van der Waals surface area contributed by atoms with E-state index in [-0.39, 0.29) is 12.8 Å². The maximum Gasteiger partial charge on any atom is 0.154 e. The molecular formula is C8H9I3N2O3. The fraction of sp³-hybridized carbons (Fsp3) is 0.625. The molecule has 2 rings (SSSR count). The van der Waals surface area contributed by atoms with E-state index < -0.39 is 12.2 Å². The molecule has 0 aliphatic carbocycles. The van der Waals surface area contributed by atoms with Crippen LogP contribution in [0.3, 0.4) is 0 Å². The molecule has 2 N–H and O–H groups in total. The zero-order valence-electron chi connectivity index (χ0n) is 7.98. The molecule has 1 aromatic heterocycles. The highest BCUT2D eigenvalue weighted by Crippen LogP contribution is 2.32. The van der Waals surface area contributed by atoms with Crippen molar-refractivity contribution < 1.29 is 14.9 Å². The Labute approximate surface area is 133 Å². The number of halogens is 3. The number of hydrogen-bond acceptors (Lipinski definition) is 4. The normalized spacial score (nSPS) is 29.9. The molecule has 1 fully saturated rings. The van der Waals surface area contributed by atoms with Gasteiger partial charge in [0.1, 0.15) is 13.5 Å². The molecule has 1 aliphatic heterocycles. The minimum absolute atomic E-state index is 0.163. The van der Waals surface area contributed by atoms with Gasteiger partial charge in [0.25, 0.3) is 0 Å². The van der Waals surface area contributed by atoms with Gasteiger partial charge in [0.05, 0.1) is 16.3 Å². The minimum atomic E-state index is -0.620. The van der Waals surface area contributed by atoms with E-state index >= 15 is 0 Å². The Bertz CT molecular complexity index is 398. The SMILES string of the molecule is OCC1OC(n2nc(I)c(I)c2I)CC1O. The molecule has 8 heteroatoms. The van der Waals surface area contributed by atoms with Gasteiger partial charge in [-0.3, -0.25) is 0 Å². The third kappa shape index (κ3) is 2.50. The number of rotatable bonds is 2. The second-order valence-corrected chi connectivity index (χ2v) is 6.58. The van der Waals surface area contributed by atoms with Crippen LogP contribution in [0.2, 0.25) is 0 Å². The Balaban J connectivity index is 2.23. The van der Waals surface area contributed by atoms with Crippen molar-refractivity contribution in [1.82, 2.24) is 9.78 Å². The van der Waals surface area contributed by atoms with E-state index in [4.69, 9.17) is 9.84 Å². The summed E-state index contributed by atoms with van der Waals surface area (Å²) < 4.78 is 10.3. The highest BCUT2D eigenvalue weighted by atomic mass is 127. The van der Waals surface area contributed by atoms with E-state index in [0.717, 1.165) is 11.0 Å². The van der Waals surface area contributed by atoms with E-state index in [9.17, 15) is 5.11 Å². The van der Waals surface area contributed by atoms with Gasteiger partial charge in [-0.1, -0.05) is 0 Å². The molecule has 3 atom stereocenters. The summed E-state index contributed by atoms with van der Waals surface area (Å²) in [6.45, 7) is -0.163. The van der Waals surface area contributed by atoms with Crippen molar-refractivity contribution in [3.05, 3.63) is 11.0 Å². The van der Waals surface area contributed by atoms with Gasteiger partial charge in [-0.05, 0) is 67.8 Å². The third-order valence-electron chi connectivity index (χ3n) is 2.42. The van der Waals surface area contributed by atoms with Crippen LogP contribution >= 0.6 is 67.8 Å². The Kier molecular flexibility index (Phi) is 4.71. The first-order valence-electron chi connectivity index (χ1n) is 4.58. The smallest absolute Gasteiger partial charge is 0.154 e. The van der Waals surface area contributed by atoms with Crippen LogP contribution in [0.4, 0.5) is 0 Å². The molecule has 2 heterocycles. The zero-order chi connectivity index (χ0) is 11.9. The van der Waals surface area contributed by atoms with E-state index in [0.29, 0.717) is 6.42 Å². The van der Waals surface area contributed by atoms with Gasteiger partial charge in [-0.2, -0.15) is 5.10 Å². The lowest BCUT2D eigenvalue weighted by molar-refractivity contribution is -0.0494. The topological polar surface area (TPSA) is 67.5 Å². The van der Waals surface area contributed by atoms with Crippen molar-refractivity contribution in [3.63, 3.8) is 0 Å². The Morgan fingerprint density at radius 2 is 2.12 bits per heavy atom. The van der Waals surface area contributed by atoms with Crippen molar-refractivity contribution in [3.8, 4) is 0 Å². The molecule has 0 bridgehead atoms. The summed E-state index contributed by atoms with van der Waals surface area (Å²) in [6.07, 6.45) is -0.934. The highest BCUT2D eigenvalue weighted by molar-refractivity contribution is 14.1. The first-order valence-corrected chi connectivity index (χ1v) is 7.81.